The molecule has 2 atom stereocenters. The van der Waals surface area contributed by atoms with Crippen LogP contribution >= 0.6 is 0 Å². The van der Waals surface area contributed by atoms with Gasteiger partial charge in [-0.2, -0.15) is 12.8 Å². The molecule has 148 valence electrons. The summed E-state index contributed by atoms with van der Waals surface area (Å²) in [5.41, 5.74) is 3.19. The molecule has 0 saturated carbocycles. The number of hydrogen-bond donors (Lipinski definition) is 0. The van der Waals surface area contributed by atoms with Crippen molar-refractivity contribution in [1.29, 1.82) is 0 Å². The van der Waals surface area contributed by atoms with Gasteiger partial charge in [0, 0.05) is 13.6 Å². The van der Waals surface area contributed by atoms with E-state index in [1.165, 1.54) is 14.2 Å². The van der Waals surface area contributed by atoms with E-state index in [9.17, 15) is 13.2 Å². The van der Waals surface area contributed by atoms with E-state index in [1.807, 2.05) is 48.5 Å². The van der Waals surface area contributed by atoms with Crippen LogP contribution in [0.4, 0.5) is 4.79 Å². The molecule has 3 rings (SSSR count). The zero-order valence-corrected chi connectivity index (χ0v) is 16.7. The zero-order valence-electron chi connectivity index (χ0n) is 15.9. The summed E-state index contributed by atoms with van der Waals surface area (Å²) in [6.45, 7) is 0.431. The van der Waals surface area contributed by atoms with Crippen LogP contribution in [0.25, 0.3) is 11.1 Å². The van der Waals surface area contributed by atoms with Crippen LogP contribution in [-0.4, -0.2) is 57.2 Å². The summed E-state index contributed by atoms with van der Waals surface area (Å²) < 4.78 is 26.1. The highest BCUT2D eigenvalue weighted by Gasteiger charge is 2.39. The van der Waals surface area contributed by atoms with Crippen molar-refractivity contribution in [1.82, 2.24) is 9.96 Å². The number of hydroxylamine groups is 2. The molecule has 0 radical (unpaired) electrons. The molecule has 0 spiro atoms. The maximum atomic E-state index is 12.6. The first-order valence-electron chi connectivity index (χ1n) is 9.02. The number of urea groups is 1. The van der Waals surface area contributed by atoms with Gasteiger partial charge in [-0.15, -0.1) is 0 Å². The molecule has 1 saturated heterocycles. The number of benzene rings is 2. The monoisotopic (exact) mass is 401 g/mol. The van der Waals surface area contributed by atoms with Crippen LogP contribution in [0.3, 0.4) is 0 Å². The minimum absolute atomic E-state index is 0.305. The molecule has 0 N–H and O–H groups in total. The van der Waals surface area contributed by atoms with Crippen molar-refractivity contribution >= 4 is 16.5 Å². The average molecular weight is 401 g/mol. The molecule has 7 nitrogen and oxygen atoms in total. The summed E-state index contributed by atoms with van der Waals surface area (Å²) in [5, 5.41) is 1.14. The minimum atomic E-state index is -2.52. The Balaban J connectivity index is 1.89. The van der Waals surface area contributed by atoms with Crippen LogP contribution in [0.5, 0.6) is 0 Å². The van der Waals surface area contributed by atoms with Crippen molar-refractivity contribution in [2.75, 3.05) is 20.7 Å². The van der Waals surface area contributed by atoms with Gasteiger partial charge in [-0.3, -0.25) is 4.84 Å². The molecule has 0 aliphatic carbocycles. The lowest BCUT2D eigenvalue weighted by Crippen LogP contribution is -2.46. The van der Waals surface area contributed by atoms with E-state index < -0.39 is 16.5 Å². The zero-order chi connectivity index (χ0) is 20.1. The third kappa shape index (κ3) is 4.58. The second kappa shape index (κ2) is 8.99. The van der Waals surface area contributed by atoms with Crippen molar-refractivity contribution in [2.24, 2.45) is 4.36 Å². The van der Waals surface area contributed by atoms with E-state index in [0.29, 0.717) is 19.4 Å². The topological polar surface area (TPSA) is 79.3 Å². The number of likely N-dealkylation sites (tertiary alicyclic amines) is 1. The van der Waals surface area contributed by atoms with E-state index in [0.717, 1.165) is 21.8 Å². The van der Waals surface area contributed by atoms with E-state index in [1.54, 1.807) is 4.90 Å². The Hall–Kier alpha value is -2.71. The maximum Gasteiger partial charge on any atom is 0.343 e. The highest BCUT2D eigenvalue weighted by atomic mass is 32.2. The van der Waals surface area contributed by atoms with Crippen LogP contribution in [0.1, 0.15) is 12.0 Å². The standard InChI is InChI=1S/C20H23N3O4S/c1-22(27-2)20(24)23-12-11-18(21-28(25)26)19(23)14-15-7-6-10-17(13-15)16-8-4-3-5-9-16/h3-10,13,18-19H,11-12,14H2,1-2H3/t18-,19-/m0/s1. The summed E-state index contributed by atoms with van der Waals surface area (Å²) in [6, 6.07) is 17.0. The molecular formula is C20H23N3O4S. The Morgan fingerprint density at radius 2 is 1.89 bits per heavy atom. The molecule has 2 aromatic carbocycles. The first-order chi connectivity index (χ1) is 13.5. The number of carbonyl (C=O) groups excluding carboxylic acids is 1. The smallest absolute Gasteiger partial charge is 0.317 e. The van der Waals surface area contributed by atoms with Gasteiger partial charge in [-0.05, 0) is 29.5 Å². The lowest BCUT2D eigenvalue weighted by Gasteiger charge is -2.29. The van der Waals surface area contributed by atoms with Gasteiger partial charge in [-0.1, -0.05) is 54.6 Å². The molecule has 1 heterocycles. The third-order valence-electron chi connectivity index (χ3n) is 5.00. The van der Waals surface area contributed by atoms with Crippen LogP contribution in [-0.2, 0) is 21.8 Å². The van der Waals surface area contributed by atoms with Crippen molar-refractivity contribution in [3.63, 3.8) is 0 Å². The SMILES string of the molecule is CON(C)C(=O)N1CC[C@H](N=S(=O)=O)[C@@H]1Cc1cccc(-c2ccccc2)c1. The quantitative estimate of drug-likeness (QED) is 0.722. The lowest BCUT2D eigenvalue weighted by molar-refractivity contribution is -0.0769. The van der Waals surface area contributed by atoms with Crippen molar-refractivity contribution < 1.29 is 18.0 Å². The summed E-state index contributed by atoms with van der Waals surface area (Å²) in [5.74, 6) is 0. The van der Waals surface area contributed by atoms with E-state index in [4.69, 9.17) is 4.84 Å². The first-order valence-corrected chi connectivity index (χ1v) is 10.1. The van der Waals surface area contributed by atoms with Gasteiger partial charge in [0.2, 0.25) is 0 Å². The average Bonchev–Trinajstić information content (AvgIpc) is 3.09. The highest BCUT2D eigenvalue weighted by molar-refractivity contribution is 7.61. The summed E-state index contributed by atoms with van der Waals surface area (Å²) in [6.07, 6.45) is 1.01. The van der Waals surface area contributed by atoms with Gasteiger partial charge in [0.05, 0.1) is 19.2 Å². The van der Waals surface area contributed by atoms with Gasteiger partial charge >= 0.3 is 16.5 Å². The van der Waals surface area contributed by atoms with Crippen LogP contribution in [0.15, 0.2) is 59.0 Å². The van der Waals surface area contributed by atoms with Crippen LogP contribution in [0, 0.1) is 0 Å². The molecule has 2 amide bonds. The molecule has 8 heteroatoms. The fourth-order valence-corrected chi connectivity index (χ4v) is 4.03. The number of rotatable bonds is 5. The Kier molecular flexibility index (Phi) is 6.43. The van der Waals surface area contributed by atoms with Gasteiger partial charge in [0.1, 0.15) is 0 Å². The first kappa shape index (κ1) is 20.0. The van der Waals surface area contributed by atoms with Crippen molar-refractivity contribution in [3.8, 4) is 11.1 Å². The normalized spacial score (nSPS) is 18.7. The lowest BCUT2D eigenvalue weighted by atomic mass is 9.97. The minimum Gasteiger partial charge on any atom is -0.317 e. The molecule has 0 aromatic heterocycles. The number of nitrogens with zero attached hydrogens (tertiary/aromatic N) is 3. The number of hydrogen-bond acceptors (Lipinski definition) is 5. The predicted octanol–water partition coefficient (Wildman–Crippen LogP) is 3.01. The summed E-state index contributed by atoms with van der Waals surface area (Å²) >= 11 is 0. The van der Waals surface area contributed by atoms with E-state index in [2.05, 4.69) is 10.4 Å². The fourth-order valence-electron chi connectivity index (χ4n) is 3.56. The number of amides is 2. The summed E-state index contributed by atoms with van der Waals surface area (Å²) in [4.78, 5) is 19.3. The Morgan fingerprint density at radius 3 is 2.57 bits per heavy atom. The van der Waals surface area contributed by atoms with E-state index >= 15 is 0 Å². The van der Waals surface area contributed by atoms with E-state index in [-0.39, 0.29) is 12.1 Å². The Morgan fingerprint density at radius 1 is 1.18 bits per heavy atom. The molecule has 0 unspecified atom stereocenters. The Bertz CT molecular complexity index is 954. The maximum absolute atomic E-state index is 12.6. The highest BCUT2D eigenvalue weighted by Crippen LogP contribution is 2.27. The van der Waals surface area contributed by atoms with Gasteiger partial charge in [0.15, 0.2) is 0 Å². The number of carbonyl (C=O) groups is 1. The second-order valence-electron chi connectivity index (χ2n) is 6.67. The predicted molar refractivity (Wildman–Crippen MR) is 106 cm³/mol. The molecule has 0 bridgehead atoms. The molecular weight excluding hydrogens is 378 g/mol. The van der Waals surface area contributed by atoms with Crippen LogP contribution < -0.4 is 0 Å². The van der Waals surface area contributed by atoms with Gasteiger partial charge in [-0.25, -0.2) is 9.86 Å². The Labute approximate surface area is 166 Å². The molecule has 28 heavy (non-hydrogen) atoms. The molecule has 1 aliphatic heterocycles. The second-order valence-corrected chi connectivity index (χ2v) is 7.32. The van der Waals surface area contributed by atoms with Gasteiger partial charge < -0.3 is 4.90 Å². The molecule has 2 aromatic rings. The van der Waals surface area contributed by atoms with Crippen molar-refractivity contribution in [2.45, 2.75) is 24.9 Å². The van der Waals surface area contributed by atoms with Crippen molar-refractivity contribution in [3.05, 3.63) is 60.2 Å². The fraction of sp³-hybridized carbons (Fsp3) is 0.350. The third-order valence-corrected chi connectivity index (χ3v) is 5.44. The summed E-state index contributed by atoms with van der Waals surface area (Å²) in [7, 11) is 0.434. The molecule has 1 aliphatic rings. The van der Waals surface area contributed by atoms with Crippen LogP contribution in [0.2, 0.25) is 0 Å². The van der Waals surface area contributed by atoms with Gasteiger partial charge in [0.25, 0.3) is 0 Å². The molecule has 1 fully saturated rings. The largest absolute Gasteiger partial charge is 0.343 e.